The predicted molar refractivity (Wildman–Crippen MR) is 216 cm³/mol. The van der Waals surface area contributed by atoms with Gasteiger partial charge < -0.3 is 9.29 Å². The van der Waals surface area contributed by atoms with Crippen molar-refractivity contribution >= 4 is 92.7 Å². The van der Waals surface area contributed by atoms with Crippen LogP contribution in [0.2, 0.25) is 0 Å². The van der Waals surface area contributed by atoms with Crippen LogP contribution in [0.1, 0.15) is 70.4 Å². The Labute approximate surface area is 418 Å². The summed E-state index contributed by atoms with van der Waals surface area (Å²) in [7, 11) is -20.0. The third-order valence-electron chi connectivity index (χ3n) is 4.22. The van der Waals surface area contributed by atoms with Gasteiger partial charge in [0.25, 0.3) is 4.68 Å². The second kappa shape index (κ2) is 26.2. The van der Waals surface area contributed by atoms with Crippen molar-refractivity contribution in [1.29, 1.82) is 12.0 Å². The van der Waals surface area contributed by atoms with Gasteiger partial charge in [0.2, 0.25) is 0 Å². The van der Waals surface area contributed by atoms with Gasteiger partial charge >= 0.3 is 46.9 Å². The number of nitrogens with zero attached hydrogens (tertiary/aromatic N) is 2. The maximum atomic E-state index is 12.3. The average Bonchev–Trinajstić information content (AvgIpc) is 0.863. The summed E-state index contributed by atoms with van der Waals surface area (Å²) in [5.74, 6) is -2.27. The van der Waals surface area contributed by atoms with Crippen LogP contribution in [0.15, 0.2) is 96.7 Å². The number of nitriles is 2. The smallest absolute Gasteiger partial charge is 0.508 e. The van der Waals surface area contributed by atoms with Crippen molar-refractivity contribution in [3.8, 4) is 23.6 Å². The molecule has 0 atom stereocenters. The maximum Gasteiger partial charge on any atom is 0.534 e. The number of halogens is 14. The van der Waals surface area contributed by atoms with E-state index >= 15 is 0 Å². The third-order valence-corrected chi connectivity index (χ3v) is 8.14. The lowest BCUT2D eigenvalue weighted by molar-refractivity contribution is -0.0586. The van der Waals surface area contributed by atoms with E-state index < -0.39 is 206 Å². The van der Waals surface area contributed by atoms with Gasteiger partial charge in [-0.15, -0.1) is 3.63 Å². The zero-order valence-electron chi connectivity index (χ0n) is 56.1. The molecule has 0 unspecified atom stereocenters. The van der Waals surface area contributed by atoms with E-state index in [0.717, 1.165) is 0 Å². The molecule has 1 N–H and O–H groups in total. The van der Waals surface area contributed by atoms with Gasteiger partial charge in [0.15, 0.2) is 0 Å². The zero-order valence-corrected chi connectivity index (χ0v) is 35.1. The summed E-state index contributed by atoms with van der Waals surface area (Å²) in [6.07, 6.45) is 0. The molecule has 0 aromatic heterocycles. The monoisotopic (exact) mass is 1120 g/mol. The highest BCUT2D eigenvalue weighted by molar-refractivity contribution is 9.08. The minimum atomic E-state index is -6.85. The normalized spacial score (nSPS) is 18.8. The van der Waals surface area contributed by atoms with Crippen molar-refractivity contribution in [2.24, 2.45) is 0 Å². The summed E-state index contributed by atoms with van der Waals surface area (Å²) in [6.45, 7) is -8.82. The van der Waals surface area contributed by atoms with Crippen LogP contribution >= 0.6 is 62.3 Å². The first-order valence-corrected chi connectivity index (χ1v) is 19.6. The second-order valence-electron chi connectivity index (χ2n) is 8.51. The Morgan fingerprint density at radius 1 is 0.645 bits per heavy atom. The van der Waals surface area contributed by atoms with Gasteiger partial charge in [-0.05, 0) is 67.0 Å². The standard InChI is InChI=1S/C8H6BrN.C8H7F3O3S.C8H7N.C7H8O.C2F6O5S2.CCl4/c9-5-7-3-1-2-4-8(7)6-10;1-6-4-2-3-5-7(6)14-15(12,13)8(9,10)11;1-7-4-2-3-5-8(7)6-9;1-6-4-2-3-5-7(6)8;3-1(4,5)14(9,10)13-15(11,12)2(6,7)8;2-1(3,4)5/h1-4H,5H2;2-5H,1H3;2-5H,1H3;2-5,8H,1H3;;/i1D,2D,3D,4D,5D2;3*1D3,2D,3D,4D,5D;;/hD. The van der Waals surface area contributed by atoms with Crippen LogP contribution < -0.4 is 4.18 Å². The van der Waals surface area contributed by atoms with E-state index in [0.29, 0.717) is 0 Å². The molecule has 0 radical (unpaired) electrons. The number of hydrogen-bond acceptors (Lipinski definition) is 11. The summed E-state index contributed by atoms with van der Waals surface area (Å²) < 4.78 is 374. The van der Waals surface area contributed by atoms with Gasteiger partial charge in [-0.3, -0.25) is 0 Å². The molecule has 4 aromatic carbocycles. The highest BCUT2D eigenvalue weighted by Crippen LogP contribution is 2.32. The van der Waals surface area contributed by atoms with Crippen molar-refractivity contribution in [3.63, 3.8) is 0 Å². The van der Waals surface area contributed by atoms with Crippen LogP contribution in [0, 0.1) is 43.2 Å². The topological polar surface area (TPSA) is 189 Å². The summed E-state index contributed by atoms with van der Waals surface area (Å²) in [6, 6.07) is -8.99. The highest BCUT2D eigenvalue weighted by Gasteiger charge is 2.57. The number of hydrogen-bond donors (Lipinski definition) is 1. The Bertz CT molecular complexity index is 3650. The van der Waals surface area contributed by atoms with Crippen molar-refractivity contribution < 1.29 is 115 Å². The Morgan fingerprint density at radius 3 is 1.42 bits per heavy atom. The first-order chi connectivity index (χ1) is 39.5. The molecule has 0 bridgehead atoms. The first kappa shape index (κ1) is 26.9. The van der Waals surface area contributed by atoms with E-state index in [2.05, 4.69) is 25.2 Å². The molecule has 28 heteroatoms. The van der Waals surface area contributed by atoms with Gasteiger partial charge in [-0.25, -0.2) is 0 Å². The van der Waals surface area contributed by atoms with E-state index in [1.165, 1.54) is 6.07 Å². The fourth-order valence-corrected chi connectivity index (χ4v) is 4.18. The van der Waals surface area contributed by atoms with E-state index in [1.807, 2.05) is 3.63 Å². The Kier molecular flexibility index (Phi) is 11.4. The lowest BCUT2D eigenvalue weighted by Gasteiger charge is -2.10. The number of aromatic hydroxyl groups is 1. The first-order valence-electron chi connectivity index (χ1n) is 27.0. The largest absolute Gasteiger partial charge is 0.534 e. The molecule has 0 amide bonds. The van der Waals surface area contributed by atoms with Crippen molar-refractivity contribution in [2.75, 3.05) is 0 Å². The average molecular weight is 1130 g/mol. The Balaban J connectivity index is 0. The van der Waals surface area contributed by atoms with Gasteiger partial charge in [0, 0.05) is 20.4 Å². The zero-order chi connectivity index (χ0) is 72.9. The minimum Gasteiger partial charge on any atom is -0.508 e. The van der Waals surface area contributed by atoms with Gasteiger partial charge in [-0.1, -0.05) is 135 Å². The van der Waals surface area contributed by atoms with E-state index in [9.17, 15) is 64.8 Å². The molecular formula is C34H28BrCl4F9N2O9S3. The molecule has 0 heterocycles. The molecule has 0 spiro atoms. The molecule has 62 heavy (non-hydrogen) atoms. The Morgan fingerprint density at radius 2 is 1.02 bits per heavy atom. The molecule has 0 saturated heterocycles. The van der Waals surface area contributed by atoms with Gasteiger partial charge in [-0.2, -0.15) is 75.3 Å². The molecule has 0 saturated carbocycles. The fraction of sp³-hybridized carbons (Fsp3) is 0.235. The highest BCUT2D eigenvalue weighted by atomic mass is 79.9. The van der Waals surface area contributed by atoms with E-state index in [-0.39, 0.29) is 11.1 Å². The number of phenols is 1. The van der Waals surface area contributed by atoms with Gasteiger partial charge in [0.05, 0.1) is 45.2 Å². The molecule has 0 aliphatic heterocycles. The second-order valence-corrected chi connectivity index (χ2v) is 17.2. The summed E-state index contributed by atoms with van der Waals surface area (Å²) >= 11 is 22.0. The van der Waals surface area contributed by atoms with E-state index in [1.54, 1.807) is 6.07 Å². The minimum absolute atomic E-state index is 0.374. The maximum absolute atomic E-state index is 12.3. The molecular weight excluding hydrogens is 1070 g/mol. The lowest BCUT2D eigenvalue weighted by Crippen LogP contribution is -2.34. The van der Waals surface area contributed by atoms with Crippen LogP contribution in [0.3, 0.4) is 0 Å². The molecule has 0 aliphatic rings. The predicted octanol–water partition coefficient (Wildman–Crippen LogP) is 11.5. The molecule has 4 rings (SSSR count). The number of para-hydroxylation sites is 2. The van der Waals surface area contributed by atoms with Crippen molar-refractivity contribution in [2.45, 2.75) is 45.6 Å². The summed E-state index contributed by atoms with van der Waals surface area (Å²) in [5, 5.41) is 19.4. The number of rotatable bonds is 6. The quantitative estimate of drug-likeness (QED) is 0.0837. The SMILES string of the molecule is ClC(Cl)(Cl)Cl.O=S(=O)(OS(=O)(=O)C(F)(F)F)C(F)(F)F.[2H]Oc1c([2H])c([2H])c([2H])c([2H])c1C([2H])([2H])[2H].[2H]c1c([2H])c([2H])c(C([2H])([2H])Br)c(C#N)c1[2H].[2H]c1c([2H])c([2H])c(C([2H])([2H])[2H])c(C#N)c1[2H].[2H]c1c([2H])c([2H])c(C([2H])([2H])[2H])c(OS(=O)(=O)C(F)(F)F)c1[2H]. The number of benzene rings is 4. The fourth-order valence-electron chi connectivity index (χ4n) is 1.88. The molecule has 11 nitrogen and oxygen atoms in total. The molecule has 0 aliphatic carbocycles. The van der Waals surface area contributed by atoms with Gasteiger partial charge in [0.1, 0.15) is 11.5 Å². The molecule has 344 valence electrons. The summed E-state index contributed by atoms with van der Waals surface area (Å²) in [4.78, 5) is 0. The van der Waals surface area contributed by atoms with Crippen LogP contribution in [0.5, 0.6) is 11.5 Å². The third kappa shape index (κ3) is 24.2. The van der Waals surface area contributed by atoms with Crippen LogP contribution in [0.25, 0.3) is 0 Å². The van der Waals surface area contributed by atoms with Crippen LogP contribution in [-0.4, -0.2) is 51.6 Å². The molecule has 4 aromatic rings. The molecule has 0 fully saturated rings. The van der Waals surface area contributed by atoms with Crippen molar-refractivity contribution in [3.05, 3.63) is 130 Å². The number of alkyl halides is 14. The Hall–Kier alpha value is -3.72. The van der Waals surface area contributed by atoms with Crippen molar-refractivity contribution in [1.82, 2.24) is 0 Å². The lowest BCUT2D eigenvalue weighted by atomic mass is 10.1. The van der Waals surface area contributed by atoms with E-state index in [4.69, 9.17) is 95.4 Å². The summed E-state index contributed by atoms with van der Waals surface area (Å²) in [5.41, 5.74) is -22.3. The van der Waals surface area contributed by atoms with Crippen LogP contribution in [0.4, 0.5) is 39.5 Å². The van der Waals surface area contributed by atoms with Crippen LogP contribution in [-0.2, 0) is 39.3 Å². The number of phenolic OH excluding ortho intramolecular Hbond substituents is 1.